The molecule has 0 saturated heterocycles. The van der Waals surface area contributed by atoms with Crippen LogP contribution in [0.5, 0.6) is 11.5 Å². The number of hydrogen-bond acceptors (Lipinski definition) is 3. The van der Waals surface area contributed by atoms with Gasteiger partial charge in [0.15, 0.2) is 5.96 Å². The van der Waals surface area contributed by atoms with Gasteiger partial charge < -0.3 is 20.1 Å². The molecule has 5 nitrogen and oxygen atoms in total. The fraction of sp³-hybridized carbons (Fsp3) is 0.278. The fourth-order valence-corrected chi connectivity index (χ4v) is 2.18. The summed E-state index contributed by atoms with van der Waals surface area (Å²) < 4.78 is 10.5. The molecule has 0 spiro atoms. The first-order chi connectivity index (χ1) is 11.3. The molecule has 0 aromatic heterocycles. The van der Waals surface area contributed by atoms with Gasteiger partial charge in [-0.25, -0.2) is 0 Å². The minimum atomic E-state index is 0. The summed E-state index contributed by atoms with van der Waals surface area (Å²) in [6.07, 6.45) is 0. The number of halogens is 1. The number of guanidine groups is 1. The number of nitrogens with one attached hydrogen (secondary N) is 2. The lowest BCUT2D eigenvalue weighted by Crippen LogP contribution is -2.36. The van der Waals surface area contributed by atoms with E-state index in [0.717, 1.165) is 28.6 Å². The number of benzene rings is 2. The van der Waals surface area contributed by atoms with Crippen LogP contribution in [0.4, 0.5) is 0 Å². The van der Waals surface area contributed by atoms with Gasteiger partial charge in [-0.3, -0.25) is 4.99 Å². The fourth-order valence-electron chi connectivity index (χ4n) is 2.18. The van der Waals surface area contributed by atoms with E-state index in [1.54, 1.807) is 21.3 Å². The van der Waals surface area contributed by atoms with Gasteiger partial charge in [0.2, 0.25) is 0 Å². The molecule has 0 heterocycles. The van der Waals surface area contributed by atoms with Gasteiger partial charge in [-0.05, 0) is 23.8 Å². The Kier molecular flexibility index (Phi) is 8.99. The van der Waals surface area contributed by atoms with Crippen molar-refractivity contribution < 1.29 is 9.47 Å². The molecule has 0 amide bonds. The molecular formula is C18H24IN3O2. The molecule has 0 fully saturated rings. The van der Waals surface area contributed by atoms with E-state index in [9.17, 15) is 0 Å². The normalized spacial score (nSPS) is 10.5. The molecule has 0 saturated carbocycles. The minimum absolute atomic E-state index is 0. The van der Waals surface area contributed by atoms with Crippen molar-refractivity contribution in [3.8, 4) is 11.5 Å². The van der Waals surface area contributed by atoms with Crippen molar-refractivity contribution in [1.82, 2.24) is 10.6 Å². The van der Waals surface area contributed by atoms with Crippen molar-refractivity contribution >= 4 is 29.9 Å². The Bertz CT molecular complexity index is 645. The highest BCUT2D eigenvalue weighted by Crippen LogP contribution is 2.16. The summed E-state index contributed by atoms with van der Waals surface area (Å²) in [6.45, 7) is 1.34. The van der Waals surface area contributed by atoms with E-state index < -0.39 is 0 Å². The predicted octanol–water partition coefficient (Wildman–Crippen LogP) is 3.19. The largest absolute Gasteiger partial charge is 0.497 e. The Morgan fingerprint density at radius 3 is 2.21 bits per heavy atom. The molecule has 24 heavy (non-hydrogen) atoms. The van der Waals surface area contributed by atoms with Crippen molar-refractivity contribution in [1.29, 1.82) is 0 Å². The lowest BCUT2D eigenvalue weighted by atomic mass is 10.2. The molecule has 2 aromatic carbocycles. The number of para-hydroxylation sites is 1. The van der Waals surface area contributed by atoms with Crippen LogP contribution in [0.3, 0.4) is 0 Å². The summed E-state index contributed by atoms with van der Waals surface area (Å²) in [4.78, 5) is 4.24. The first-order valence-electron chi connectivity index (χ1n) is 7.46. The Hall–Kier alpha value is -1.96. The van der Waals surface area contributed by atoms with Crippen LogP contribution < -0.4 is 20.1 Å². The maximum Gasteiger partial charge on any atom is 0.191 e. The lowest BCUT2D eigenvalue weighted by Gasteiger charge is -2.14. The molecule has 0 unspecified atom stereocenters. The smallest absolute Gasteiger partial charge is 0.191 e. The zero-order valence-electron chi connectivity index (χ0n) is 14.2. The first-order valence-corrected chi connectivity index (χ1v) is 7.46. The number of methoxy groups -OCH3 is 2. The monoisotopic (exact) mass is 441 g/mol. The summed E-state index contributed by atoms with van der Waals surface area (Å²) in [7, 11) is 5.10. The quantitative estimate of drug-likeness (QED) is 0.411. The molecule has 0 aliphatic rings. The average Bonchev–Trinajstić information content (AvgIpc) is 2.62. The van der Waals surface area contributed by atoms with Gasteiger partial charge >= 0.3 is 0 Å². The summed E-state index contributed by atoms with van der Waals surface area (Å²) >= 11 is 0. The van der Waals surface area contributed by atoms with Crippen molar-refractivity contribution in [2.24, 2.45) is 4.99 Å². The topological polar surface area (TPSA) is 54.9 Å². The maximum atomic E-state index is 5.35. The predicted molar refractivity (Wildman–Crippen MR) is 108 cm³/mol. The zero-order chi connectivity index (χ0) is 16.5. The number of rotatable bonds is 6. The van der Waals surface area contributed by atoms with E-state index in [1.807, 2.05) is 48.5 Å². The minimum Gasteiger partial charge on any atom is -0.497 e. The van der Waals surface area contributed by atoms with Gasteiger partial charge in [0, 0.05) is 25.7 Å². The summed E-state index contributed by atoms with van der Waals surface area (Å²) in [5.41, 5.74) is 2.24. The SMILES string of the molecule is CN=C(NCc1ccc(OC)cc1)NCc1ccccc1OC.I. The number of hydrogen-bond donors (Lipinski definition) is 2. The highest BCUT2D eigenvalue weighted by molar-refractivity contribution is 14.0. The van der Waals surface area contributed by atoms with Gasteiger partial charge in [-0.2, -0.15) is 0 Å². The van der Waals surface area contributed by atoms with Crippen molar-refractivity contribution in [3.63, 3.8) is 0 Å². The average molecular weight is 441 g/mol. The van der Waals surface area contributed by atoms with E-state index in [-0.39, 0.29) is 24.0 Å². The molecule has 2 N–H and O–H groups in total. The molecule has 0 atom stereocenters. The molecule has 0 aliphatic heterocycles. The van der Waals surface area contributed by atoms with E-state index >= 15 is 0 Å². The van der Waals surface area contributed by atoms with E-state index in [2.05, 4.69) is 15.6 Å². The van der Waals surface area contributed by atoms with Crippen molar-refractivity contribution in [3.05, 3.63) is 59.7 Å². The second-order valence-corrected chi connectivity index (χ2v) is 4.94. The van der Waals surface area contributed by atoms with Crippen LogP contribution in [0.25, 0.3) is 0 Å². The van der Waals surface area contributed by atoms with Crippen LogP contribution in [0.2, 0.25) is 0 Å². The second kappa shape index (κ2) is 10.7. The molecular weight excluding hydrogens is 417 g/mol. The van der Waals surface area contributed by atoms with Crippen molar-refractivity contribution in [2.75, 3.05) is 21.3 Å². The number of aliphatic imine (C=N–C) groups is 1. The van der Waals surface area contributed by atoms with Crippen LogP contribution in [0, 0.1) is 0 Å². The zero-order valence-corrected chi connectivity index (χ0v) is 16.5. The van der Waals surface area contributed by atoms with Crippen LogP contribution >= 0.6 is 24.0 Å². The summed E-state index contributed by atoms with van der Waals surface area (Å²) in [6, 6.07) is 15.9. The van der Waals surface area contributed by atoms with Crippen LogP contribution in [0.15, 0.2) is 53.5 Å². The van der Waals surface area contributed by atoms with Gasteiger partial charge in [0.25, 0.3) is 0 Å². The standard InChI is InChI=1S/C18H23N3O2.HI/c1-19-18(20-12-14-8-10-16(22-2)11-9-14)21-13-15-6-4-5-7-17(15)23-3;/h4-11H,12-13H2,1-3H3,(H2,19,20,21);1H. The van der Waals surface area contributed by atoms with Crippen LogP contribution in [-0.4, -0.2) is 27.2 Å². The molecule has 0 aliphatic carbocycles. The molecule has 130 valence electrons. The number of nitrogens with zero attached hydrogens (tertiary/aromatic N) is 1. The van der Waals surface area contributed by atoms with Gasteiger partial charge in [0.05, 0.1) is 14.2 Å². The van der Waals surface area contributed by atoms with E-state index in [4.69, 9.17) is 9.47 Å². The van der Waals surface area contributed by atoms with Crippen LogP contribution in [0.1, 0.15) is 11.1 Å². The Morgan fingerprint density at radius 2 is 1.58 bits per heavy atom. The van der Waals surface area contributed by atoms with Gasteiger partial charge in [-0.1, -0.05) is 30.3 Å². The Morgan fingerprint density at radius 1 is 0.917 bits per heavy atom. The Balaban J connectivity index is 0.00000288. The molecule has 2 rings (SSSR count). The third-order valence-electron chi connectivity index (χ3n) is 3.48. The van der Waals surface area contributed by atoms with E-state index in [0.29, 0.717) is 13.1 Å². The number of ether oxygens (including phenoxy) is 2. The molecule has 0 bridgehead atoms. The first kappa shape index (κ1) is 20.1. The van der Waals surface area contributed by atoms with E-state index in [1.165, 1.54) is 0 Å². The molecule has 2 aromatic rings. The van der Waals surface area contributed by atoms with Crippen LogP contribution in [-0.2, 0) is 13.1 Å². The maximum absolute atomic E-state index is 5.35. The lowest BCUT2D eigenvalue weighted by molar-refractivity contribution is 0.409. The molecule has 6 heteroatoms. The summed E-state index contributed by atoms with van der Waals surface area (Å²) in [5.74, 6) is 2.46. The van der Waals surface area contributed by atoms with Gasteiger partial charge in [-0.15, -0.1) is 24.0 Å². The highest BCUT2D eigenvalue weighted by Gasteiger charge is 2.03. The second-order valence-electron chi connectivity index (χ2n) is 4.94. The highest BCUT2D eigenvalue weighted by atomic mass is 127. The molecule has 0 radical (unpaired) electrons. The third-order valence-corrected chi connectivity index (χ3v) is 3.48. The van der Waals surface area contributed by atoms with Crippen molar-refractivity contribution in [2.45, 2.75) is 13.1 Å². The third kappa shape index (κ3) is 5.92. The summed E-state index contributed by atoms with van der Waals surface area (Å²) in [5, 5.41) is 6.58. The van der Waals surface area contributed by atoms with Gasteiger partial charge in [0.1, 0.15) is 11.5 Å². The Labute approximate surface area is 160 Å².